The van der Waals surface area contributed by atoms with Crippen molar-refractivity contribution in [3.8, 4) is 0 Å². The van der Waals surface area contributed by atoms with Gasteiger partial charge in [0.1, 0.15) is 11.4 Å². The number of hydrogen-bond donors (Lipinski definition) is 3. The number of piperazine rings is 1. The van der Waals surface area contributed by atoms with Crippen molar-refractivity contribution in [2.75, 3.05) is 38.1 Å². The topological polar surface area (TPSA) is 146 Å². The Labute approximate surface area is 236 Å². The van der Waals surface area contributed by atoms with Crippen LogP contribution in [0.3, 0.4) is 0 Å². The van der Waals surface area contributed by atoms with E-state index >= 15 is 0 Å². The number of anilines is 1. The molecule has 1 aromatic rings. The number of carboxylic acid groups (broad SMARTS) is 1. The number of amides is 4. The van der Waals surface area contributed by atoms with Gasteiger partial charge in [-0.25, -0.2) is 14.4 Å². The molecule has 1 aliphatic heterocycles. The van der Waals surface area contributed by atoms with E-state index in [0.717, 1.165) is 31.6 Å². The van der Waals surface area contributed by atoms with Crippen molar-refractivity contribution in [3.63, 3.8) is 0 Å². The fraction of sp³-hybridized carbons (Fsp3) is 0.667. The van der Waals surface area contributed by atoms with E-state index < -0.39 is 31.7 Å². The molecule has 0 saturated carbocycles. The van der Waals surface area contributed by atoms with Gasteiger partial charge in [0, 0.05) is 44.7 Å². The molecule has 1 fully saturated rings. The Hall–Kier alpha value is -3.19. The van der Waals surface area contributed by atoms with Crippen molar-refractivity contribution >= 4 is 37.9 Å². The summed E-state index contributed by atoms with van der Waals surface area (Å²) in [6, 6.07) is 1.19. The van der Waals surface area contributed by atoms with Crippen LogP contribution in [0.1, 0.15) is 53.9 Å². The van der Waals surface area contributed by atoms with E-state index in [1.54, 1.807) is 12.3 Å². The summed E-state index contributed by atoms with van der Waals surface area (Å²) in [4.78, 5) is 56.3. The molecule has 13 heteroatoms. The van der Waals surface area contributed by atoms with Crippen LogP contribution in [0.5, 0.6) is 0 Å². The number of aromatic nitrogens is 2. The van der Waals surface area contributed by atoms with Crippen molar-refractivity contribution in [1.82, 2.24) is 24.7 Å². The summed E-state index contributed by atoms with van der Waals surface area (Å²) < 4.78 is 7.91. The molecule has 0 radical (unpaired) electrons. The Bertz CT molecular complexity index is 1200. The SMILES string of the molecule is CC(C)(NC(=O)O)C(=O)N1CCN(C(=O)Nc2ccn(C3=CCC(CO[Si](C)(C)C(C)(C)C)CC3)c(=O)n2)CC1. The maximum Gasteiger partial charge on any atom is 0.405 e. The molecule has 4 amide bonds. The minimum absolute atomic E-state index is 0.161. The predicted molar refractivity (Wildman–Crippen MR) is 156 cm³/mol. The monoisotopic (exact) mass is 576 g/mol. The molecule has 1 atom stereocenters. The van der Waals surface area contributed by atoms with Gasteiger partial charge in [0.2, 0.25) is 5.91 Å². The third-order valence-corrected chi connectivity index (χ3v) is 12.6. The van der Waals surface area contributed by atoms with Gasteiger partial charge in [0.15, 0.2) is 8.32 Å². The van der Waals surface area contributed by atoms with Gasteiger partial charge in [-0.3, -0.25) is 14.7 Å². The third kappa shape index (κ3) is 7.72. The molecule has 12 nitrogen and oxygen atoms in total. The summed E-state index contributed by atoms with van der Waals surface area (Å²) in [7, 11) is -1.80. The fourth-order valence-electron chi connectivity index (χ4n) is 4.50. The maximum absolute atomic E-state index is 12.8. The van der Waals surface area contributed by atoms with Gasteiger partial charge in [-0.2, -0.15) is 4.98 Å². The molecule has 1 unspecified atom stereocenters. The summed E-state index contributed by atoms with van der Waals surface area (Å²) in [5, 5.41) is 14.0. The van der Waals surface area contributed by atoms with E-state index in [2.05, 4.69) is 55.6 Å². The summed E-state index contributed by atoms with van der Waals surface area (Å²) in [5.74, 6) is 0.232. The Morgan fingerprint density at radius 3 is 2.25 bits per heavy atom. The number of nitrogens with zero attached hydrogens (tertiary/aromatic N) is 4. The number of carbonyl (C=O) groups excluding carboxylic acids is 2. The summed E-state index contributed by atoms with van der Waals surface area (Å²) in [6.07, 6.45) is 4.97. The van der Waals surface area contributed by atoms with Crippen LogP contribution in [-0.2, 0) is 9.22 Å². The molecule has 0 spiro atoms. The van der Waals surface area contributed by atoms with Crippen LogP contribution in [0.2, 0.25) is 18.1 Å². The first-order valence-corrected chi connectivity index (χ1v) is 16.7. The van der Waals surface area contributed by atoms with Crippen LogP contribution in [0, 0.1) is 5.92 Å². The van der Waals surface area contributed by atoms with Crippen molar-refractivity contribution in [2.45, 2.75) is 77.6 Å². The zero-order valence-electron chi connectivity index (χ0n) is 24.7. The van der Waals surface area contributed by atoms with Gasteiger partial charge < -0.3 is 24.6 Å². The minimum atomic E-state index is -1.80. The third-order valence-electron chi connectivity index (χ3n) is 8.14. The lowest BCUT2D eigenvalue weighted by Gasteiger charge is -2.38. The quantitative estimate of drug-likeness (QED) is 0.420. The number of nitrogens with one attached hydrogen (secondary N) is 2. The van der Waals surface area contributed by atoms with Crippen molar-refractivity contribution < 1.29 is 23.9 Å². The lowest BCUT2D eigenvalue weighted by atomic mass is 9.93. The molecule has 3 N–H and O–H groups in total. The highest BCUT2D eigenvalue weighted by atomic mass is 28.4. The number of allylic oxidation sites excluding steroid dienone is 2. The molecule has 222 valence electrons. The molecule has 1 aliphatic carbocycles. The average molecular weight is 577 g/mol. The molecule has 0 bridgehead atoms. The summed E-state index contributed by atoms with van der Waals surface area (Å²) in [5.41, 5.74) is -0.819. The highest BCUT2D eigenvalue weighted by molar-refractivity contribution is 6.74. The Balaban J connectivity index is 1.52. The van der Waals surface area contributed by atoms with Crippen LogP contribution in [0.25, 0.3) is 5.70 Å². The minimum Gasteiger partial charge on any atom is -0.465 e. The second-order valence-electron chi connectivity index (χ2n) is 12.6. The highest BCUT2D eigenvalue weighted by Crippen LogP contribution is 2.37. The molecular weight excluding hydrogens is 532 g/mol. The first-order valence-electron chi connectivity index (χ1n) is 13.8. The highest BCUT2D eigenvalue weighted by Gasteiger charge is 2.38. The molecule has 40 heavy (non-hydrogen) atoms. The Kier molecular flexibility index (Phi) is 9.50. The summed E-state index contributed by atoms with van der Waals surface area (Å²) >= 11 is 0. The smallest absolute Gasteiger partial charge is 0.405 e. The van der Waals surface area contributed by atoms with Crippen LogP contribution >= 0.6 is 0 Å². The standard InChI is InChI=1S/C27H44N6O6Si/c1-26(2,3)40(6,7)39-18-19-8-10-20(11-9-19)33-13-12-21(29-24(33)36)28-23(35)32-16-14-31(15-17-32)22(34)27(4,5)30-25(37)38/h10,12-13,19,30H,8-9,11,14-18H2,1-7H3,(H,37,38)(H,28,29,35,36). The van der Waals surface area contributed by atoms with Crippen LogP contribution < -0.4 is 16.3 Å². The molecular formula is C27H44N6O6Si. The Morgan fingerprint density at radius 1 is 1.10 bits per heavy atom. The van der Waals surface area contributed by atoms with Gasteiger partial charge in [0.05, 0.1) is 0 Å². The predicted octanol–water partition coefficient (Wildman–Crippen LogP) is 3.63. The summed E-state index contributed by atoms with van der Waals surface area (Å²) in [6.45, 7) is 16.0. The van der Waals surface area contributed by atoms with Crippen molar-refractivity contribution in [3.05, 3.63) is 28.8 Å². The van der Waals surface area contributed by atoms with E-state index in [1.165, 1.54) is 28.2 Å². The fourth-order valence-corrected chi connectivity index (χ4v) is 5.58. The zero-order chi connectivity index (χ0) is 29.9. The first kappa shape index (κ1) is 31.3. The second kappa shape index (κ2) is 12.1. The second-order valence-corrected chi connectivity index (χ2v) is 17.4. The van der Waals surface area contributed by atoms with Crippen molar-refractivity contribution in [1.29, 1.82) is 0 Å². The number of urea groups is 1. The van der Waals surface area contributed by atoms with Crippen LogP contribution in [-0.4, -0.2) is 89.1 Å². The van der Waals surface area contributed by atoms with E-state index in [1.807, 2.05) is 0 Å². The average Bonchev–Trinajstić information content (AvgIpc) is 2.86. The van der Waals surface area contributed by atoms with E-state index in [4.69, 9.17) is 9.53 Å². The number of hydrogen-bond acceptors (Lipinski definition) is 6. The Morgan fingerprint density at radius 2 is 1.73 bits per heavy atom. The van der Waals surface area contributed by atoms with Gasteiger partial charge >= 0.3 is 17.8 Å². The van der Waals surface area contributed by atoms with Crippen molar-refractivity contribution in [2.24, 2.45) is 5.92 Å². The molecule has 3 rings (SSSR count). The number of rotatable bonds is 7. The molecule has 0 aromatic carbocycles. The van der Waals surface area contributed by atoms with E-state index in [0.29, 0.717) is 5.92 Å². The van der Waals surface area contributed by atoms with E-state index in [9.17, 15) is 19.2 Å². The molecule has 1 saturated heterocycles. The van der Waals surface area contributed by atoms with Gasteiger partial charge in [-0.15, -0.1) is 0 Å². The first-order chi connectivity index (χ1) is 18.5. The lowest BCUT2D eigenvalue weighted by molar-refractivity contribution is -0.138. The largest absolute Gasteiger partial charge is 0.465 e. The molecule has 1 aromatic heterocycles. The van der Waals surface area contributed by atoms with Crippen LogP contribution in [0.15, 0.2) is 23.1 Å². The maximum atomic E-state index is 12.8. The lowest BCUT2D eigenvalue weighted by Crippen LogP contribution is -2.60. The van der Waals surface area contributed by atoms with Gasteiger partial charge in [-0.1, -0.05) is 26.8 Å². The molecule has 2 heterocycles. The van der Waals surface area contributed by atoms with E-state index in [-0.39, 0.29) is 42.9 Å². The van der Waals surface area contributed by atoms with Gasteiger partial charge in [-0.05, 0) is 63.2 Å². The zero-order valence-corrected chi connectivity index (χ0v) is 25.7. The van der Waals surface area contributed by atoms with Gasteiger partial charge in [0.25, 0.3) is 0 Å². The molecule has 2 aliphatic rings. The normalized spacial score (nSPS) is 18.7. The van der Waals surface area contributed by atoms with Crippen LogP contribution in [0.4, 0.5) is 15.4 Å². The number of carbonyl (C=O) groups is 3.